The lowest BCUT2D eigenvalue weighted by Gasteiger charge is -2.13. The van der Waals surface area contributed by atoms with Crippen LogP contribution in [-0.2, 0) is 6.18 Å². The van der Waals surface area contributed by atoms with Crippen molar-refractivity contribution in [3.63, 3.8) is 0 Å². The van der Waals surface area contributed by atoms with Crippen molar-refractivity contribution < 1.29 is 22.7 Å². The van der Waals surface area contributed by atoms with Crippen molar-refractivity contribution in [2.75, 3.05) is 0 Å². The van der Waals surface area contributed by atoms with E-state index in [1.165, 1.54) is 13.0 Å². The van der Waals surface area contributed by atoms with Crippen LogP contribution in [0.15, 0.2) is 30.0 Å². The molecule has 2 N–H and O–H groups in total. The van der Waals surface area contributed by atoms with Crippen molar-refractivity contribution in [2.45, 2.75) is 13.1 Å². The monoisotopic (exact) mass is 340 g/mol. The number of nitrogens with one attached hydrogen (secondary N) is 2. The Hall–Kier alpha value is -1.73. The smallest absolute Gasteiger partial charge is 0.420 e. The van der Waals surface area contributed by atoms with Crippen LogP contribution < -0.4 is 10.1 Å². The molecule has 0 spiro atoms. The first-order valence-corrected chi connectivity index (χ1v) is 6.13. The molecule has 4 nitrogen and oxygen atoms in total. The van der Waals surface area contributed by atoms with Crippen LogP contribution in [0.2, 0.25) is 5.02 Å². The summed E-state index contributed by atoms with van der Waals surface area (Å²) in [5.41, 5.74) is -0.963. The predicted octanol–water partition coefficient (Wildman–Crippen LogP) is 4.57. The number of allylic oxidation sites excluding steroid dienone is 1. The van der Waals surface area contributed by atoms with Crippen molar-refractivity contribution in [1.29, 1.82) is 5.41 Å². The third-order valence-corrected chi connectivity index (χ3v) is 2.44. The fourth-order valence-corrected chi connectivity index (χ4v) is 1.67. The lowest BCUT2D eigenvalue weighted by atomic mass is 10.2. The van der Waals surface area contributed by atoms with E-state index < -0.39 is 28.8 Å². The predicted molar refractivity (Wildman–Crippen MR) is 73.0 cm³/mol. The molecule has 0 radical (unpaired) electrons. The Morgan fingerprint density at radius 1 is 1.43 bits per heavy atom. The molecule has 0 aromatic heterocycles. The molecule has 0 aliphatic rings. The van der Waals surface area contributed by atoms with Gasteiger partial charge in [-0.2, -0.15) is 13.2 Å². The summed E-state index contributed by atoms with van der Waals surface area (Å²) in [6.45, 7) is 1.39. The standard InChI is InChI=1S/C12H9Cl2F3N2O2/c1-6(19-11(14)20)4-10(18)21-9-3-2-7(13)5-8(9)12(15,16)17/h2-5,18H,1H3,(H,19,20)/b6-4-,18-10?. The lowest BCUT2D eigenvalue weighted by molar-refractivity contribution is -0.138. The van der Waals surface area contributed by atoms with Crippen molar-refractivity contribution in [3.05, 3.63) is 40.6 Å². The number of carbonyl (C=O) groups is 1. The highest BCUT2D eigenvalue weighted by atomic mass is 35.5. The summed E-state index contributed by atoms with van der Waals surface area (Å²) in [5, 5.41) is 8.60. The number of halogens is 5. The molecule has 9 heteroatoms. The number of alkyl halides is 3. The van der Waals surface area contributed by atoms with E-state index in [1.807, 2.05) is 0 Å². The molecule has 0 aliphatic heterocycles. The van der Waals surface area contributed by atoms with Crippen molar-refractivity contribution in [2.24, 2.45) is 0 Å². The summed E-state index contributed by atoms with van der Waals surface area (Å²) in [7, 11) is 0. The minimum atomic E-state index is -4.68. The van der Waals surface area contributed by atoms with Crippen LogP contribution in [-0.4, -0.2) is 11.3 Å². The number of benzene rings is 1. The quantitative estimate of drug-likeness (QED) is 0.366. The Labute approximate surface area is 128 Å². The molecule has 0 saturated carbocycles. The van der Waals surface area contributed by atoms with E-state index in [-0.39, 0.29) is 10.7 Å². The van der Waals surface area contributed by atoms with E-state index >= 15 is 0 Å². The summed E-state index contributed by atoms with van der Waals surface area (Å²) in [6.07, 6.45) is -3.67. The van der Waals surface area contributed by atoms with E-state index in [4.69, 9.17) is 33.3 Å². The van der Waals surface area contributed by atoms with Crippen molar-refractivity contribution in [3.8, 4) is 5.75 Å². The van der Waals surface area contributed by atoms with Crippen LogP contribution in [0.25, 0.3) is 0 Å². The van der Waals surface area contributed by atoms with Gasteiger partial charge in [-0.25, -0.2) is 0 Å². The minimum absolute atomic E-state index is 0.109. The molecule has 21 heavy (non-hydrogen) atoms. The van der Waals surface area contributed by atoms with Gasteiger partial charge < -0.3 is 10.1 Å². The summed E-state index contributed by atoms with van der Waals surface area (Å²) >= 11 is 10.6. The molecular formula is C12H9Cl2F3N2O2. The third-order valence-electron chi connectivity index (χ3n) is 2.11. The molecule has 0 aliphatic carbocycles. The highest BCUT2D eigenvalue weighted by Gasteiger charge is 2.35. The highest BCUT2D eigenvalue weighted by molar-refractivity contribution is 6.63. The van der Waals surface area contributed by atoms with Gasteiger partial charge in [-0.15, -0.1) is 0 Å². The van der Waals surface area contributed by atoms with Gasteiger partial charge in [0, 0.05) is 16.8 Å². The highest BCUT2D eigenvalue weighted by Crippen LogP contribution is 2.37. The largest absolute Gasteiger partial charge is 0.439 e. The zero-order valence-corrected chi connectivity index (χ0v) is 12.0. The van der Waals surface area contributed by atoms with Crippen LogP contribution in [0.1, 0.15) is 12.5 Å². The number of carbonyl (C=O) groups excluding carboxylic acids is 1. The SMILES string of the molecule is C/C(=C/C(=N)Oc1ccc(Cl)cc1C(F)(F)F)NC(=O)Cl. The first-order valence-electron chi connectivity index (χ1n) is 5.37. The fourth-order valence-electron chi connectivity index (χ4n) is 1.35. The minimum Gasteiger partial charge on any atom is -0.439 e. The number of rotatable bonds is 3. The van der Waals surface area contributed by atoms with Crippen molar-refractivity contribution >= 4 is 34.5 Å². The molecular weight excluding hydrogens is 332 g/mol. The number of amides is 1. The van der Waals surface area contributed by atoms with Gasteiger partial charge in [-0.3, -0.25) is 10.2 Å². The van der Waals surface area contributed by atoms with Gasteiger partial charge in [-0.1, -0.05) is 11.6 Å². The van der Waals surface area contributed by atoms with Crippen LogP contribution >= 0.6 is 23.2 Å². The molecule has 0 atom stereocenters. The number of hydrogen-bond donors (Lipinski definition) is 2. The normalized spacial score (nSPS) is 12.0. The summed E-state index contributed by atoms with van der Waals surface area (Å²) in [6, 6.07) is 2.90. The molecule has 0 heterocycles. The maximum Gasteiger partial charge on any atom is 0.420 e. The Bertz CT molecular complexity index is 601. The molecule has 114 valence electrons. The van der Waals surface area contributed by atoms with Gasteiger partial charge in [0.25, 0.3) is 0 Å². The van der Waals surface area contributed by atoms with Crippen LogP contribution in [0, 0.1) is 5.41 Å². The lowest BCUT2D eigenvalue weighted by Crippen LogP contribution is -2.17. The van der Waals surface area contributed by atoms with E-state index in [9.17, 15) is 18.0 Å². The first kappa shape index (κ1) is 17.3. The summed E-state index contributed by atoms with van der Waals surface area (Å²) in [5.74, 6) is -1.18. The molecule has 1 rings (SSSR count). The maximum atomic E-state index is 12.8. The second kappa shape index (κ2) is 6.82. The van der Waals surface area contributed by atoms with Gasteiger partial charge in [0.15, 0.2) is 0 Å². The average Bonchev–Trinajstić information content (AvgIpc) is 2.28. The van der Waals surface area contributed by atoms with E-state index in [0.717, 1.165) is 12.1 Å². The van der Waals surface area contributed by atoms with Crippen LogP contribution in [0.5, 0.6) is 5.75 Å². The van der Waals surface area contributed by atoms with E-state index in [1.54, 1.807) is 0 Å². The first-order chi connectivity index (χ1) is 9.59. The molecule has 1 aromatic rings. The average molecular weight is 341 g/mol. The van der Waals surface area contributed by atoms with Crippen LogP contribution in [0.4, 0.5) is 18.0 Å². The van der Waals surface area contributed by atoms with Gasteiger partial charge in [0.05, 0.1) is 5.56 Å². The summed E-state index contributed by atoms with van der Waals surface area (Å²) in [4.78, 5) is 10.6. The van der Waals surface area contributed by atoms with Crippen LogP contribution in [0.3, 0.4) is 0 Å². The molecule has 0 fully saturated rings. The Morgan fingerprint density at radius 3 is 2.57 bits per heavy atom. The molecule has 0 bridgehead atoms. The molecule has 1 aromatic carbocycles. The van der Waals surface area contributed by atoms with Gasteiger partial charge in [0.2, 0.25) is 5.90 Å². The molecule has 1 amide bonds. The zero-order chi connectivity index (χ0) is 16.2. The summed E-state index contributed by atoms with van der Waals surface area (Å²) < 4.78 is 43.3. The molecule has 0 saturated heterocycles. The van der Waals surface area contributed by atoms with Gasteiger partial charge in [-0.05, 0) is 36.7 Å². The second-order valence-corrected chi connectivity index (χ2v) is 4.61. The topological polar surface area (TPSA) is 62.2 Å². The zero-order valence-electron chi connectivity index (χ0n) is 10.5. The second-order valence-electron chi connectivity index (χ2n) is 3.83. The maximum absolute atomic E-state index is 12.8. The van der Waals surface area contributed by atoms with Crippen molar-refractivity contribution in [1.82, 2.24) is 5.32 Å². The fraction of sp³-hybridized carbons (Fsp3) is 0.167. The van der Waals surface area contributed by atoms with E-state index in [0.29, 0.717) is 6.07 Å². The third kappa shape index (κ3) is 5.65. The Kier molecular flexibility index (Phi) is 5.62. The number of ether oxygens (including phenoxy) is 1. The van der Waals surface area contributed by atoms with E-state index in [2.05, 4.69) is 5.32 Å². The number of hydrogen-bond acceptors (Lipinski definition) is 3. The van der Waals surface area contributed by atoms with Gasteiger partial charge in [0.1, 0.15) is 5.75 Å². The molecule has 0 unspecified atom stereocenters. The van der Waals surface area contributed by atoms with Gasteiger partial charge >= 0.3 is 11.5 Å². The Balaban J connectivity index is 2.98. The Morgan fingerprint density at radius 2 is 2.05 bits per heavy atom.